The summed E-state index contributed by atoms with van der Waals surface area (Å²) >= 11 is 0. The van der Waals surface area contributed by atoms with Crippen LogP contribution in [0.25, 0.3) is 28.0 Å². The Morgan fingerprint density at radius 2 is 1.76 bits per heavy atom. The Balaban J connectivity index is 1.74. The van der Waals surface area contributed by atoms with E-state index in [-0.39, 0.29) is 17.1 Å². The van der Waals surface area contributed by atoms with Crippen molar-refractivity contribution in [1.29, 1.82) is 0 Å². The molecule has 0 N–H and O–H groups in total. The van der Waals surface area contributed by atoms with Gasteiger partial charge in [0, 0.05) is 36.5 Å². The summed E-state index contributed by atoms with van der Waals surface area (Å²) in [7, 11) is 2.69. The maximum atomic E-state index is 12.6. The molecule has 33 heavy (non-hydrogen) atoms. The number of alkyl halides is 3. The largest absolute Gasteiger partial charge is 0.496 e. The van der Waals surface area contributed by atoms with Gasteiger partial charge in [0.15, 0.2) is 5.78 Å². The van der Waals surface area contributed by atoms with Crippen LogP contribution in [-0.4, -0.2) is 45.7 Å². The van der Waals surface area contributed by atoms with Crippen molar-refractivity contribution < 1.29 is 27.4 Å². The Morgan fingerprint density at radius 3 is 2.36 bits per heavy atom. The van der Waals surface area contributed by atoms with E-state index in [1.54, 1.807) is 41.6 Å². The maximum Gasteiger partial charge on any atom is 0.389 e. The minimum absolute atomic E-state index is 0.0256. The normalized spacial score (nSPS) is 11.5. The third-order valence-electron chi connectivity index (χ3n) is 5.09. The van der Waals surface area contributed by atoms with E-state index < -0.39 is 24.8 Å². The zero-order chi connectivity index (χ0) is 23.6. The van der Waals surface area contributed by atoms with Crippen LogP contribution in [-0.2, 0) is 0 Å². The second-order valence-electron chi connectivity index (χ2n) is 7.17. The molecule has 0 amide bonds. The first-order chi connectivity index (χ1) is 15.8. The van der Waals surface area contributed by atoms with Gasteiger partial charge < -0.3 is 9.47 Å². The zero-order valence-corrected chi connectivity index (χ0v) is 17.8. The van der Waals surface area contributed by atoms with E-state index in [0.717, 1.165) is 11.1 Å². The van der Waals surface area contributed by atoms with Crippen LogP contribution >= 0.6 is 0 Å². The van der Waals surface area contributed by atoms with Crippen molar-refractivity contribution in [3.63, 3.8) is 0 Å². The van der Waals surface area contributed by atoms with Gasteiger partial charge in [-0.05, 0) is 12.1 Å². The van der Waals surface area contributed by atoms with Crippen LogP contribution in [0.1, 0.15) is 23.2 Å². The van der Waals surface area contributed by atoms with E-state index in [9.17, 15) is 18.0 Å². The Kier molecular flexibility index (Phi) is 5.99. The second kappa shape index (κ2) is 8.89. The van der Waals surface area contributed by atoms with Crippen LogP contribution in [0.15, 0.2) is 55.2 Å². The van der Waals surface area contributed by atoms with Gasteiger partial charge >= 0.3 is 6.18 Å². The van der Waals surface area contributed by atoms with Gasteiger partial charge in [0.05, 0.1) is 49.3 Å². The van der Waals surface area contributed by atoms with Gasteiger partial charge in [0.1, 0.15) is 23.4 Å². The Hall–Kier alpha value is -3.95. The van der Waals surface area contributed by atoms with E-state index in [1.807, 2.05) is 18.2 Å². The molecule has 0 atom stereocenters. The molecule has 0 saturated carbocycles. The van der Waals surface area contributed by atoms with Crippen molar-refractivity contribution in [3.8, 4) is 28.4 Å². The number of halogens is 3. The van der Waals surface area contributed by atoms with E-state index in [1.165, 1.54) is 14.2 Å². The molecule has 0 fully saturated rings. The summed E-state index contributed by atoms with van der Waals surface area (Å²) in [5.41, 5.74) is 3.57. The first-order valence-electron chi connectivity index (χ1n) is 9.90. The summed E-state index contributed by atoms with van der Waals surface area (Å²) < 4.78 is 50.2. The van der Waals surface area contributed by atoms with E-state index in [0.29, 0.717) is 16.9 Å². The predicted octanol–water partition coefficient (Wildman–Crippen LogP) is 5.02. The first-order valence-corrected chi connectivity index (χ1v) is 9.90. The summed E-state index contributed by atoms with van der Waals surface area (Å²) in [6, 6.07) is 8.77. The number of rotatable bonds is 7. The average molecular weight is 456 g/mol. The Morgan fingerprint density at radius 1 is 1.03 bits per heavy atom. The minimum Gasteiger partial charge on any atom is -0.496 e. The number of methoxy groups -OCH3 is 2. The van der Waals surface area contributed by atoms with Gasteiger partial charge in [-0.3, -0.25) is 19.3 Å². The third kappa shape index (κ3) is 4.64. The predicted molar refractivity (Wildman–Crippen MR) is 115 cm³/mol. The molecule has 0 radical (unpaired) electrons. The number of imidazole rings is 1. The highest BCUT2D eigenvalue weighted by atomic mass is 19.4. The van der Waals surface area contributed by atoms with Crippen molar-refractivity contribution in [3.05, 3.63) is 60.8 Å². The highest BCUT2D eigenvalue weighted by Crippen LogP contribution is 2.36. The molecule has 0 aliphatic carbocycles. The first kappa shape index (κ1) is 22.3. The van der Waals surface area contributed by atoms with Crippen molar-refractivity contribution in [2.75, 3.05) is 14.2 Å². The molecule has 0 bridgehead atoms. The van der Waals surface area contributed by atoms with Crippen molar-refractivity contribution in [2.45, 2.75) is 19.0 Å². The molecule has 4 rings (SSSR count). The molecule has 2 aromatic heterocycles. The highest BCUT2D eigenvalue weighted by Gasteiger charge is 2.30. The molecule has 2 heterocycles. The van der Waals surface area contributed by atoms with E-state index >= 15 is 0 Å². The molecule has 0 unspecified atom stereocenters. The quantitative estimate of drug-likeness (QED) is 0.363. The lowest BCUT2D eigenvalue weighted by atomic mass is 10.0. The van der Waals surface area contributed by atoms with Crippen LogP contribution in [0, 0.1) is 0 Å². The molecule has 2 aromatic carbocycles. The van der Waals surface area contributed by atoms with Crippen LogP contribution in [0.5, 0.6) is 11.5 Å². The van der Waals surface area contributed by atoms with Gasteiger partial charge in [-0.2, -0.15) is 13.2 Å². The molecule has 10 heteroatoms. The maximum absolute atomic E-state index is 12.6. The molecule has 0 aliphatic rings. The van der Waals surface area contributed by atoms with E-state index in [2.05, 4.69) is 15.0 Å². The fourth-order valence-electron chi connectivity index (χ4n) is 3.52. The smallest absolute Gasteiger partial charge is 0.389 e. The number of ketones is 1. The van der Waals surface area contributed by atoms with E-state index in [4.69, 9.17) is 9.47 Å². The number of aromatic nitrogens is 4. The van der Waals surface area contributed by atoms with Gasteiger partial charge in [-0.15, -0.1) is 0 Å². The highest BCUT2D eigenvalue weighted by molar-refractivity contribution is 6.02. The summed E-state index contributed by atoms with van der Waals surface area (Å²) in [5.74, 6) is -0.471. The zero-order valence-electron chi connectivity index (χ0n) is 17.8. The number of nitrogens with zero attached hydrogens (tertiary/aromatic N) is 4. The minimum atomic E-state index is -4.43. The van der Waals surface area contributed by atoms with Gasteiger partial charge in [-0.25, -0.2) is 4.98 Å². The fraction of sp³-hybridized carbons (Fsp3) is 0.217. The molecular formula is C23H19F3N4O3. The summed E-state index contributed by atoms with van der Waals surface area (Å²) in [5, 5.41) is 0. The molecular weight excluding hydrogens is 437 g/mol. The standard InChI is InChI=1S/C23H19F3N4O3/c1-32-20-10-15(11-21(33-2)22(20)19(31)5-6-23(24,25)26)30-13-29-16-9-14(3-4-18(16)30)17-12-27-7-8-28-17/h3-4,7-13H,5-6H2,1-2H3. The van der Waals surface area contributed by atoms with Gasteiger partial charge in [-0.1, -0.05) is 6.07 Å². The van der Waals surface area contributed by atoms with Crippen molar-refractivity contribution in [1.82, 2.24) is 19.5 Å². The molecule has 0 spiro atoms. The number of hydrogen-bond acceptors (Lipinski definition) is 6. The Labute approximate surface area is 186 Å². The lowest BCUT2D eigenvalue weighted by Crippen LogP contribution is -2.13. The second-order valence-corrected chi connectivity index (χ2v) is 7.17. The SMILES string of the molecule is COc1cc(-n2cnc3cc(-c4cnccn4)ccc32)cc(OC)c1C(=O)CCC(F)(F)F. The van der Waals surface area contributed by atoms with Crippen LogP contribution in [0.2, 0.25) is 0 Å². The monoisotopic (exact) mass is 456 g/mol. The number of Topliss-reactive ketones (excluding diaryl/α,β-unsaturated/α-hetero) is 1. The molecule has 170 valence electrons. The summed E-state index contributed by atoms with van der Waals surface area (Å²) in [6.45, 7) is 0. The van der Waals surface area contributed by atoms with Crippen molar-refractivity contribution >= 4 is 16.8 Å². The van der Waals surface area contributed by atoms with Gasteiger partial charge in [0.25, 0.3) is 0 Å². The summed E-state index contributed by atoms with van der Waals surface area (Å²) in [6.07, 6.45) is 0.0983. The number of carbonyl (C=O) groups excluding carboxylic acids is 1. The summed E-state index contributed by atoms with van der Waals surface area (Å²) in [4.78, 5) is 25.4. The molecule has 7 nitrogen and oxygen atoms in total. The lowest BCUT2D eigenvalue weighted by Gasteiger charge is -2.16. The number of ether oxygens (including phenoxy) is 2. The van der Waals surface area contributed by atoms with Crippen LogP contribution < -0.4 is 9.47 Å². The third-order valence-corrected chi connectivity index (χ3v) is 5.09. The number of benzene rings is 2. The number of hydrogen-bond donors (Lipinski definition) is 0. The fourth-order valence-corrected chi connectivity index (χ4v) is 3.52. The Bertz CT molecular complexity index is 1280. The van der Waals surface area contributed by atoms with Crippen LogP contribution in [0.3, 0.4) is 0 Å². The molecule has 0 aliphatic heterocycles. The average Bonchev–Trinajstić information content (AvgIpc) is 3.25. The number of carbonyl (C=O) groups is 1. The van der Waals surface area contributed by atoms with Crippen LogP contribution in [0.4, 0.5) is 13.2 Å². The van der Waals surface area contributed by atoms with Crippen molar-refractivity contribution in [2.24, 2.45) is 0 Å². The lowest BCUT2D eigenvalue weighted by molar-refractivity contribution is -0.133. The molecule has 4 aromatic rings. The topological polar surface area (TPSA) is 79.1 Å². The molecule has 0 saturated heterocycles. The number of fused-ring (bicyclic) bond motifs is 1. The van der Waals surface area contributed by atoms with Gasteiger partial charge in [0.2, 0.25) is 0 Å².